The summed E-state index contributed by atoms with van der Waals surface area (Å²) in [5, 5.41) is 13.4. The van der Waals surface area contributed by atoms with Crippen LogP contribution < -0.4 is 5.73 Å². The van der Waals surface area contributed by atoms with E-state index in [9.17, 15) is 5.11 Å². The monoisotopic (exact) mass is 216 g/mol. The van der Waals surface area contributed by atoms with E-state index in [0.29, 0.717) is 5.95 Å². The average Bonchev–Trinajstić information content (AvgIpc) is 2.54. The molecule has 0 amide bonds. The maximum Gasteiger partial charge on any atom is 0.221 e. The highest BCUT2D eigenvalue weighted by atomic mass is 16.3. The average molecular weight is 216 g/mol. The van der Waals surface area contributed by atoms with Gasteiger partial charge in [0.25, 0.3) is 0 Å². The molecule has 2 aromatic rings. The summed E-state index contributed by atoms with van der Waals surface area (Å²) in [7, 11) is 0. The molecule has 0 radical (unpaired) electrons. The van der Waals surface area contributed by atoms with Crippen molar-refractivity contribution in [1.82, 2.24) is 9.66 Å². The summed E-state index contributed by atoms with van der Waals surface area (Å²) in [5.74, 6) is 0.549. The van der Waals surface area contributed by atoms with Crippen LogP contribution in [-0.4, -0.2) is 21.0 Å². The number of nitrogens with zero attached hydrogens (tertiary/aromatic N) is 3. The number of aromatic nitrogens is 2. The molecule has 3 N–H and O–H groups in total. The molecule has 0 saturated heterocycles. The Morgan fingerprint density at radius 1 is 1.50 bits per heavy atom. The Morgan fingerprint density at radius 3 is 2.94 bits per heavy atom. The lowest BCUT2D eigenvalue weighted by atomic mass is 10.2. The first-order chi connectivity index (χ1) is 7.65. The fourth-order valence-electron chi connectivity index (χ4n) is 1.33. The van der Waals surface area contributed by atoms with E-state index in [1.807, 2.05) is 13.0 Å². The van der Waals surface area contributed by atoms with Gasteiger partial charge in [0.2, 0.25) is 5.95 Å². The fraction of sp³-hybridized carbons (Fsp3) is 0.0909. The lowest BCUT2D eigenvalue weighted by molar-refractivity contribution is 0.475. The van der Waals surface area contributed by atoms with E-state index in [-0.39, 0.29) is 5.75 Å². The molecule has 0 aliphatic heterocycles. The van der Waals surface area contributed by atoms with E-state index in [0.717, 1.165) is 11.3 Å². The first kappa shape index (κ1) is 10.2. The number of nitrogens with two attached hydrogens (primary N) is 1. The Labute approximate surface area is 92.9 Å². The van der Waals surface area contributed by atoms with Crippen LogP contribution in [0.5, 0.6) is 5.75 Å². The van der Waals surface area contributed by atoms with Crippen LogP contribution in [-0.2, 0) is 0 Å². The maximum atomic E-state index is 9.26. The van der Waals surface area contributed by atoms with Crippen molar-refractivity contribution in [3.05, 3.63) is 41.7 Å². The Kier molecular flexibility index (Phi) is 2.59. The molecule has 82 valence electrons. The molecule has 1 aromatic carbocycles. The molecular weight excluding hydrogens is 204 g/mol. The van der Waals surface area contributed by atoms with Gasteiger partial charge in [0.15, 0.2) is 0 Å². The van der Waals surface area contributed by atoms with Gasteiger partial charge in [-0.1, -0.05) is 12.1 Å². The van der Waals surface area contributed by atoms with Crippen molar-refractivity contribution in [2.75, 3.05) is 5.73 Å². The zero-order chi connectivity index (χ0) is 11.5. The van der Waals surface area contributed by atoms with Crippen LogP contribution in [0.2, 0.25) is 0 Å². The summed E-state index contributed by atoms with van der Waals surface area (Å²) in [6, 6.07) is 6.80. The van der Waals surface area contributed by atoms with Crippen molar-refractivity contribution >= 4 is 12.2 Å². The van der Waals surface area contributed by atoms with Crippen molar-refractivity contribution in [2.24, 2.45) is 5.10 Å². The van der Waals surface area contributed by atoms with Gasteiger partial charge in [0.05, 0.1) is 18.1 Å². The number of nitrogen functional groups attached to an aromatic ring is 1. The van der Waals surface area contributed by atoms with E-state index >= 15 is 0 Å². The molecule has 0 atom stereocenters. The number of aromatic hydroxyl groups is 1. The van der Waals surface area contributed by atoms with Gasteiger partial charge in [-0.05, 0) is 24.6 Å². The summed E-state index contributed by atoms with van der Waals surface area (Å²) in [4.78, 5) is 4.02. The summed E-state index contributed by atoms with van der Waals surface area (Å²) < 4.78 is 1.49. The second-order valence-electron chi connectivity index (χ2n) is 3.42. The summed E-state index contributed by atoms with van der Waals surface area (Å²) in [6.45, 7) is 1.84. The van der Waals surface area contributed by atoms with E-state index in [4.69, 9.17) is 5.73 Å². The highest BCUT2D eigenvalue weighted by molar-refractivity contribution is 5.80. The molecule has 5 nitrogen and oxygen atoms in total. The van der Waals surface area contributed by atoms with Gasteiger partial charge >= 0.3 is 0 Å². The molecule has 5 heteroatoms. The first-order valence-electron chi connectivity index (χ1n) is 4.80. The second kappa shape index (κ2) is 4.06. The number of aryl methyl sites for hydroxylation is 1. The summed E-state index contributed by atoms with van der Waals surface area (Å²) >= 11 is 0. The van der Waals surface area contributed by atoms with Crippen LogP contribution in [0, 0.1) is 6.92 Å². The van der Waals surface area contributed by atoms with Gasteiger partial charge in [0.1, 0.15) is 5.75 Å². The molecule has 0 unspecified atom stereocenters. The SMILES string of the molecule is Cc1cn(N=Cc2cccc(O)c2)c(N)n1. The van der Waals surface area contributed by atoms with Gasteiger partial charge in [-0.15, -0.1) is 0 Å². The van der Waals surface area contributed by atoms with Gasteiger partial charge in [-0.2, -0.15) is 5.10 Å². The minimum atomic E-state index is 0.207. The van der Waals surface area contributed by atoms with Crippen molar-refractivity contribution in [3.8, 4) is 5.75 Å². The topological polar surface area (TPSA) is 76.4 Å². The van der Waals surface area contributed by atoms with Gasteiger partial charge in [-0.25, -0.2) is 9.66 Å². The molecule has 0 spiro atoms. The minimum absolute atomic E-state index is 0.207. The van der Waals surface area contributed by atoms with E-state index in [1.165, 1.54) is 4.68 Å². The molecule has 16 heavy (non-hydrogen) atoms. The lowest BCUT2D eigenvalue weighted by Gasteiger charge is -1.96. The summed E-state index contributed by atoms with van der Waals surface area (Å²) in [5.41, 5.74) is 7.23. The number of imidazole rings is 1. The number of phenolic OH excluding ortho intramolecular Hbond substituents is 1. The Hall–Kier alpha value is -2.30. The quantitative estimate of drug-likeness (QED) is 0.744. The molecule has 1 aromatic heterocycles. The molecule has 0 aliphatic carbocycles. The molecule has 2 rings (SSSR count). The zero-order valence-electron chi connectivity index (χ0n) is 8.83. The number of phenols is 1. The smallest absolute Gasteiger partial charge is 0.221 e. The normalized spacial score (nSPS) is 11.1. The molecular formula is C11H12N4O. The molecule has 0 saturated carbocycles. The fourth-order valence-corrected chi connectivity index (χ4v) is 1.33. The third kappa shape index (κ3) is 2.20. The van der Waals surface area contributed by atoms with Crippen LogP contribution in [0.25, 0.3) is 0 Å². The van der Waals surface area contributed by atoms with Crippen LogP contribution in [0.4, 0.5) is 5.95 Å². The van der Waals surface area contributed by atoms with Gasteiger partial charge < -0.3 is 10.8 Å². The van der Waals surface area contributed by atoms with Crippen LogP contribution in [0.15, 0.2) is 35.6 Å². The summed E-state index contributed by atoms with van der Waals surface area (Å²) in [6.07, 6.45) is 3.34. The number of hydrogen-bond donors (Lipinski definition) is 2. The van der Waals surface area contributed by atoms with Crippen LogP contribution in [0.1, 0.15) is 11.3 Å². The Bertz CT molecular complexity index is 531. The molecule has 1 heterocycles. The number of hydrogen-bond acceptors (Lipinski definition) is 4. The second-order valence-corrected chi connectivity index (χ2v) is 3.42. The first-order valence-corrected chi connectivity index (χ1v) is 4.80. The maximum absolute atomic E-state index is 9.26. The Balaban J connectivity index is 2.24. The van der Waals surface area contributed by atoms with Crippen molar-refractivity contribution in [1.29, 1.82) is 0 Å². The standard InChI is InChI=1S/C11H12N4O/c1-8-7-15(11(12)14-8)13-6-9-3-2-4-10(16)5-9/h2-7,16H,1H3,(H2,12,14). The third-order valence-electron chi connectivity index (χ3n) is 2.04. The van der Waals surface area contributed by atoms with E-state index in [1.54, 1.807) is 30.6 Å². The number of anilines is 1. The van der Waals surface area contributed by atoms with Crippen molar-refractivity contribution in [3.63, 3.8) is 0 Å². The highest BCUT2D eigenvalue weighted by Gasteiger charge is 1.98. The Morgan fingerprint density at radius 2 is 2.31 bits per heavy atom. The number of benzene rings is 1. The minimum Gasteiger partial charge on any atom is -0.508 e. The lowest BCUT2D eigenvalue weighted by Crippen LogP contribution is -1.96. The predicted molar refractivity (Wildman–Crippen MR) is 62.5 cm³/mol. The zero-order valence-corrected chi connectivity index (χ0v) is 8.83. The predicted octanol–water partition coefficient (Wildman–Crippen LogP) is 1.36. The van der Waals surface area contributed by atoms with E-state index < -0.39 is 0 Å². The molecule has 0 aliphatic rings. The van der Waals surface area contributed by atoms with Crippen molar-refractivity contribution in [2.45, 2.75) is 6.92 Å². The van der Waals surface area contributed by atoms with Crippen LogP contribution >= 0.6 is 0 Å². The third-order valence-corrected chi connectivity index (χ3v) is 2.04. The van der Waals surface area contributed by atoms with Crippen molar-refractivity contribution < 1.29 is 5.11 Å². The van der Waals surface area contributed by atoms with Crippen LogP contribution in [0.3, 0.4) is 0 Å². The molecule has 0 fully saturated rings. The highest BCUT2D eigenvalue weighted by Crippen LogP contribution is 2.09. The van der Waals surface area contributed by atoms with Gasteiger partial charge in [-0.3, -0.25) is 0 Å². The largest absolute Gasteiger partial charge is 0.508 e. The van der Waals surface area contributed by atoms with E-state index in [2.05, 4.69) is 10.1 Å². The molecule has 0 bridgehead atoms. The van der Waals surface area contributed by atoms with Gasteiger partial charge in [0, 0.05) is 0 Å². The number of rotatable bonds is 2.